The lowest BCUT2D eigenvalue weighted by Gasteiger charge is -2.44. The topological polar surface area (TPSA) is 0 Å². The molecule has 0 bridgehead atoms. The van der Waals surface area contributed by atoms with Gasteiger partial charge in [0.2, 0.25) is 0 Å². The Balaban J connectivity index is 1.77. The monoisotopic (exact) mass is 1210 g/mol. The predicted molar refractivity (Wildman–Crippen MR) is 399 cm³/mol. The van der Waals surface area contributed by atoms with Gasteiger partial charge in [-0.2, -0.15) is 0 Å². The minimum absolute atomic E-state index is 0.0704. The third-order valence-corrected chi connectivity index (χ3v) is 21.0. The molecule has 0 saturated carbocycles. The second-order valence-electron chi connectivity index (χ2n) is 33.7. The van der Waals surface area contributed by atoms with Crippen molar-refractivity contribution in [2.75, 3.05) is 0 Å². The quantitative estimate of drug-likeness (QED) is 0.133. The van der Waals surface area contributed by atoms with Crippen LogP contribution in [0.5, 0.6) is 0 Å². The van der Waals surface area contributed by atoms with Gasteiger partial charge < -0.3 is 0 Å². The maximum absolute atomic E-state index is 2.66. The molecule has 1 aliphatic rings. The van der Waals surface area contributed by atoms with Crippen LogP contribution in [0, 0.1) is 0 Å². The van der Waals surface area contributed by atoms with Crippen LogP contribution in [0.4, 0.5) is 0 Å². The molecule has 0 aromatic heterocycles. The van der Waals surface area contributed by atoms with E-state index < -0.39 is 5.41 Å². The molecule has 0 N–H and O–H groups in total. The van der Waals surface area contributed by atoms with Crippen LogP contribution >= 0.6 is 15.8 Å². The molecule has 2 heteroatoms. The van der Waals surface area contributed by atoms with Gasteiger partial charge >= 0.3 is 0 Å². The van der Waals surface area contributed by atoms with Gasteiger partial charge in [0.1, 0.15) is 0 Å². The van der Waals surface area contributed by atoms with Crippen molar-refractivity contribution >= 4 is 49.2 Å². The number of benzene rings is 8. The largest absolute Gasteiger partial charge is 0.0765 e. The van der Waals surface area contributed by atoms with Gasteiger partial charge in [-0.3, -0.25) is 0 Å². The molecule has 0 radical (unpaired) electrons. The van der Waals surface area contributed by atoms with Gasteiger partial charge in [0, 0.05) is 5.29 Å². The molecule has 0 saturated heterocycles. The Labute approximate surface area is 543 Å². The van der Waals surface area contributed by atoms with E-state index in [0.29, 0.717) is 0 Å². The zero-order valence-corrected chi connectivity index (χ0v) is 60.7. The minimum atomic E-state index is -0.938. The van der Waals surface area contributed by atoms with E-state index in [0.717, 1.165) is 7.89 Å². The van der Waals surface area contributed by atoms with Crippen molar-refractivity contribution in [2.45, 2.75) is 215 Å². The summed E-state index contributed by atoms with van der Waals surface area (Å²) in [6, 6.07) is 74.5. The molecule has 0 unspecified atom stereocenters. The van der Waals surface area contributed by atoms with Crippen LogP contribution in [0.1, 0.15) is 250 Å². The molecule has 1 aliphatic heterocycles. The lowest BCUT2D eigenvalue weighted by molar-refractivity contribution is 0.565. The third kappa shape index (κ3) is 13.8. The van der Waals surface area contributed by atoms with Crippen LogP contribution in [-0.2, 0) is 48.7 Å². The Hall–Kier alpha value is -6.42. The number of rotatable bonds is 8. The van der Waals surface area contributed by atoms with E-state index >= 15 is 0 Å². The van der Waals surface area contributed by atoms with Crippen molar-refractivity contribution in [3.8, 4) is 11.1 Å². The number of hydrogen-bond donors (Lipinski definition) is 0. The van der Waals surface area contributed by atoms with Crippen molar-refractivity contribution in [1.82, 2.24) is 0 Å². The highest BCUT2D eigenvalue weighted by atomic mass is 32.0. The van der Waals surface area contributed by atoms with Crippen LogP contribution in [0.15, 0.2) is 188 Å². The number of allylic oxidation sites excluding steroid dienone is 4. The first kappa shape index (κ1) is 67.0. The average Bonchev–Trinajstić information content (AvgIpc) is 1.51. The van der Waals surface area contributed by atoms with Crippen molar-refractivity contribution in [1.29, 1.82) is 0 Å². The third-order valence-electron chi connectivity index (χ3n) is 18.4. The molecular weight excluding hydrogens is 1110 g/mol. The van der Waals surface area contributed by atoms with Gasteiger partial charge in [0.15, 0.2) is 0 Å². The fourth-order valence-electron chi connectivity index (χ4n) is 13.2. The summed E-state index contributed by atoms with van der Waals surface area (Å²) in [6.07, 6.45) is 0. The van der Waals surface area contributed by atoms with Crippen molar-refractivity contribution in [2.24, 2.45) is 0 Å². The SMILES string of the molecule is CC(C)(C)c1ccc(C2=C(c3ccc(C(C)(C)C)cc3C(C)(C)C)/C(c3ccc(C(C)(C)C)cc3C(C)(C)C)=C(/c3ccc(C(C)(C)C)cc3C(C)(C)C)C(c3ccccc3)(c3ccccc3)/C(c3ccc(-c4ccccc4)cc3)=P/P=C\2)c(C(C)(C)C)c1. The Morgan fingerprint density at radius 1 is 0.270 bits per heavy atom. The van der Waals surface area contributed by atoms with E-state index in [1.54, 1.807) is 0 Å². The van der Waals surface area contributed by atoms with Crippen LogP contribution in [-0.4, -0.2) is 11.1 Å². The van der Waals surface area contributed by atoms with Crippen molar-refractivity contribution in [3.05, 3.63) is 272 Å². The lowest BCUT2D eigenvalue weighted by Crippen LogP contribution is -2.40. The van der Waals surface area contributed by atoms with E-state index in [9.17, 15) is 0 Å². The van der Waals surface area contributed by atoms with E-state index in [1.165, 1.54) is 130 Å². The van der Waals surface area contributed by atoms with Crippen LogP contribution in [0.3, 0.4) is 0 Å². The predicted octanol–water partition coefficient (Wildman–Crippen LogP) is 25.1. The smallest absolute Gasteiger partial charge is 0.0622 e. The van der Waals surface area contributed by atoms with E-state index in [1.807, 2.05) is 0 Å². The van der Waals surface area contributed by atoms with Crippen LogP contribution < -0.4 is 0 Å². The highest BCUT2D eigenvalue weighted by Gasteiger charge is 2.49. The van der Waals surface area contributed by atoms with Gasteiger partial charge in [-0.15, -0.1) is 0 Å². The van der Waals surface area contributed by atoms with Gasteiger partial charge in [-0.1, -0.05) is 354 Å². The molecule has 0 nitrogen and oxygen atoms in total. The highest BCUT2D eigenvalue weighted by molar-refractivity contribution is 8.10. The Morgan fingerprint density at radius 3 is 0.944 bits per heavy atom. The first-order valence-corrected chi connectivity index (χ1v) is 35.3. The molecule has 8 aromatic carbocycles. The summed E-state index contributed by atoms with van der Waals surface area (Å²) in [5.74, 6) is 2.66. The zero-order valence-electron chi connectivity index (χ0n) is 58.9. The van der Waals surface area contributed by atoms with Gasteiger partial charge in [0.05, 0.1) is 5.41 Å². The highest BCUT2D eigenvalue weighted by Crippen LogP contribution is 2.60. The van der Waals surface area contributed by atoms with E-state index in [2.05, 4.69) is 360 Å². The summed E-state index contributed by atoms with van der Waals surface area (Å²) in [4.78, 5) is 0. The molecule has 1 heterocycles. The van der Waals surface area contributed by atoms with Crippen LogP contribution in [0.25, 0.3) is 33.4 Å². The summed E-state index contributed by atoms with van der Waals surface area (Å²) >= 11 is 0. The summed E-state index contributed by atoms with van der Waals surface area (Å²) < 4.78 is 0. The molecule has 9 rings (SSSR count). The van der Waals surface area contributed by atoms with Gasteiger partial charge in [0.25, 0.3) is 0 Å². The fourth-order valence-corrected chi connectivity index (χ4v) is 16.2. The maximum Gasteiger partial charge on any atom is 0.0765 e. The van der Waals surface area contributed by atoms with E-state index in [-0.39, 0.29) is 43.3 Å². The molecule has 0 aliphatic carbocycles. The molecule has 89 heavy (non-hydrogen) atoms. The second-order valence-corrected chi connectivity index (χ2v) is 36.1. The normalized spacial score (nSPS) is 17.6. The molecule has 8 aromatic rings. The molecule has 462 valence electrons. The summed E-state index contributed by atoms with van der Waals surface area (Å²) in [5, 5.41) is 1.34. The first-order chi connectivity index (χ1) is 41.2. The average molecular weight is 1210 g/mol. The molecule has 0 fully saturated rings. The lowest BCUT2D eigenvalue weighted by atomic mass is 9.58. The molecule has 0 amide bonds. The molecular formula is C87H104P2. The van der Waals surface area contributed by atoms with Crippen LogP contribution in [0.2, 0.25) is 0 Å². The van der Waals surface area contributed by atoms with Crippen molar-refractivity contribution < 1.29 is 0 Å². The first-order valence-electron chi connectivity index (χ1n) is 32.7. The summed E-state index contributed by atoms with van der Waals surface area (Å²) in [6.45, 7) is 57.8. The maximum atomic E-state index is 2.66. The Bertz CT molecular complexity index is 3960. The Kier molecular flexibility index (Phi) is 18.3. The minimum Gasteiger partial charge on any atom is -0.0622 e. The molecule has 0 spiro atoms. The van der Waals surface area contributed by atoms with E-state index in [4.69, 9.17) is 0 Å². The van der Waals surface area contributed by atoms with Gasteiger partial charge in [-0.05, 0) is 182 Å². The number of hydrogen-bond acceptors (Lipinski definition) is 0. The zero-order chi connectivity index (χ0) is 65.2. The van der Waals surface area contributed by atoms with Gasteiger partial charge in [-0.25, -0.2) is 0 Å². The summed E-state index contributed by atoms with van der Waals surface area (Å²) in [7, 11) is 2.32. The standard InChI is InChI=1S/C87H104P2/c1-79(2,3)62-44-48-66(71(52-62)83(13,14)15)70-56-88-89-78(59-42-40-58(41-43-59)57-34-28-25-29-35-57)87(60-36-30-26-31-37-60,61-38-32-27-33-39-61)77(69-51-47-65(82(10,11)12)55-74(69)86(22,23)24)76(68-50-46-64(81(7,8)9)54-73(68)85(19,20)21)75(70)67-49-45-63(80(4,5)6)53-72(67)84(16,17)18/h25-56H,1-24H3/b75-70+,77-76-. The fraction of sp³-hybridized carbons (Fsp3) is 0.379. The van der Waals surface area contributed by atoms with Crippen molar-refractivity contribution in [3.63, 3.8) is 0 Å². The second kappa shape index (κ2) is 24.3. The summed E-state index contributed by atoms with van der Waals surface area (Å²) in [5.41, 5.74) is 24.5. The molecule has 0 atom stereocenters. The Morgan fingerprint density at radius 2 is 0.573 bits per heavy atom.